The molecule has 4 nitrogen and oxygen atoms in total. The maximum atomic E-state index is 9.51. The Balaban J connectivity index is -0.000000352. The number of hydrogen-bond acceptors (Lipinski definition) is 4. The molecule has 0 aliphatic rings. The SMILES string of the molecule is CCCCCCCC(C)(C)NCC(O)CCl.CCCCCCCCCCCCCCCC(C)(C)NCC(O)CCl.Cl.Cl. The van der Waals surface area contributed by atoms with Crippen LogP contribution in [-0.2, 0) is 0 Å². The van der Waals surface area contributed by atoms with Crippen molar-refractivity contribution in [3.63, 3.8) is 0 Å². The Morgan fingerprint density at radius 1 is 0.476 bits per heavy atom. The molecule has 0 amide bonds. The second-order valence-corrected chi connectivity index (χ2v) is 13.9. The standard InChI is InChI=1S/C21H44ClNO.C13H28ClNO.2ClH/c1-4-5-6-7-8-9-10-11-12-13-14-15-16-17-21(2,3)23-19-20(24)18-22;1-4-5-6-7-8-9-13(2,3)15-11-12(16)10-14;;/h20,23-24H,4-19H2,1-3H3;12,15-16H,4-11H2,1-3H3;2*1H. The second kappa shape index (κ2) is 34.9. The molecule has 0 fully saturated rings. The molecular formula is C34H74Cl4N2O2. The molecule has 260 valence electrons. The van der Waals surface area contributed by atoms with Gasteiger partial charge in [-0.2, -0.15) is 0 Å². The molecule has 2 unspecified atom stereocenters. The largest absolute Gasteiger partial charge is 0.391 e. The lowest BCUT2D eigenvalue weighted by Crippen LogP contribution is -2.43. The average molecular weight is 685 g/mol. The molecule has 8 heteroatoms. The van der Waals surface area contributed by atoms with Gasteiger partial charge in [0.15, 0.2) is 0 Å². The lowest BCUT2D eigenvalue weighted by Gasteiger charge is -2.27. The highest BCUT2D eigenvalue weighted by atomic mass is 35.5. The number of aliphatic hydroxyl groups is 2. The van der Waals surface area contributed by atoms with Gasteiger partial charge in [0.25, 0.3) is 0 Å². The van der Waals surface area contributed by atoms with E-state index in [1.54, 1.807) is 0 Å². The van der Waals surface area contributed by atoms with Crippen molar-refractivity contribution in [1.29, 1.82) is 0 Å². The summed E-state index contributed by atoms with van der Waals surface area (Å²) in [6.45, 7) is 14.5. The number of hydrogen-bond donors (Lipinski definition) is 4. The van der Waals surface area contributed by atoms with Gasteiger partial charge in [0.2, 0.25) is 0 Å². The molecule has 0 rings (SSSR count). The van der Waals surface area contributed by atoms with Crippen LogP contribution in [0.2, 0.25) is 0 Å². The first-order chi connectivity index (χ1) is 19.0. The molecule has 42 heavy (non-hydrogen) atoms. The van der Waals surface area contributed by atoms with E-state index in [9.17, 15) is 10.2 Å². The summed E-state index contributed by atoms with van der Waals surface area (Å²) in [5.74, 6) is 0.613. The first kappa shape index (κ1) is 49.9. The fraction of sp³-hybridized carbons (Fsp3) is 1.00. The van der Waals surface area contributed by atoms with Crippen LogP contribution in [0, 0.1) is 0 Å². The van der Waals surface area contributed by atoms with Gasteiger partial charge in [-0.25, -0.2) is 0 Å². The Hall–Kier alpha value is 1.00. The Morgan fingerprint density at radius 3 is 0.952 bits per heavy atom. The van der Waals surface area contributed by atoms with Crippen molar-refractivity contribution >= 4 is 48.0 Å². The van der Waals surface area contributed by atoms with Crippen LogP contribution in [0.25, 0.3) is 0 Å². The monoisotopic (exact) mass is 682 g/mol. The maximum Gasteiger partial charge on any atom is 0.0799 e. The number of β-amino-alcohol motifs (C(OH)–C–C–N with tert-alkyl or cyclic N) is 2. The summed E-state index contributed by atoms with van der Waals surface area (Å²) >= 11 is 11.2. The van der Waals surface area contributed by atoms with E-state index in [4.69, 9.17) is 23.2 Å². The van der Waals surface area contributed by atoms with E-state index < -0.39 is 12.2 Å². The smallest absolute Gasteiger partial charge is 0.0799 e. The van der Waals surface area contributed by atoms with Crippen molar-refractivity contribution in [2.75, 3.05) is 24.8 Å². The van der Waals surface area contributed by atoms with Crippen LogP contribution in [0.15, 0.2) is 0 Å². The van der Waals surface area contributed by atoms with E-state index >= 15 is 0 Å². The lowest BCUT2D eigenvalue weighted by atomic mass is 9.95. The summed E-state index contributed by atoms with van der Waals surface area (Å²) in [6, 6.07) is 0. The Bertz CT molecular complexity index is 514. The molecule has 0 radical (unpaired) electrons. The quantitative estimate of drug-likeness (QED) is 0.0489. The van der Waals surface area contributed by atoms with Crippen LogP contribution in [0.3, 0.4) is 0 Å². The molecule has 0 heterocycles. The number of nitrogens with one attached hydrogen (secondary N) is 2. The van der Waals surface area contributed by atoms with Crippen molar-refractivity contribution in [2.24, 2.45) is 0 Å². The van der Waals surface area contributed by atoms with Crippen LogP contribution in [0.1, 0.15) is 170 Å². The number of rotatable bonds is 28. The Labute approximate surface area is 285 Å². The van der Waals surface area contributed by atoms with E-state index in [0.29, 0.717) is 24.8 Å². The normalized spacial score (nSPS) is 13.0. The summed E-state index contributed by atoms with van der Waals surface area (Å²) in [6.07, 6.45) is 26.2. The lowest BCUT2D eigenvalue weighted by molar-refractivity contribution is 0.176. The summed E-state index contributed by atoms with van der Waals surface area (Å²) in [7, 11) is 0. The van der Waals surface area contributed by atoms with Gasteiger partial charge in [0.1, 0.15) is 0 Å². The first-order valence-corrected chi connectivity index (χ1v) is 18.1. The molecule has 2 atom stereocenters. The second-order valence-electron chi connectivity index (χ2n) is 13.3. The summed E-state index contributed by atoms with van der Waals surface area (Å²) in [4.78, 5) is 0. The minimum absolute atomic E-state index is 0. The zero-order chi connectivity index (χ0) is 30.5. The number of alkyl halides is 2. The summed E-state index contributed by atoms with van der Waals surface area (Å²) < 4.78 is 0. The van der Waals surface area contributed by atoms with Gasteiger partial charge < -0.3 is 20.8 Å². The van der Waals surface area contributed by atoms with Gasteiger partial charge in [-0.15, -0.1) is 48.0 Å². The fourth-order valence-corrected chi connectivity index (χ4v) is 5.05. The van der Waals surface area contributed by atoms with E-state index in [-0.39, 0.29) is 35.9 Å². The minimum atomic E-state index is -0.433. The molecule has 0 aromatic heterocycles. The van der Waals surface area contributed by atoms with Crippen LogP contribution in [-0.4, -0.2) is 58.3 Å². The maximum absolute atomic E-state index is 9.51. The third kappa shape index (κ3) is 39.0. The van der Waals surface area contributed by atoms with Gasteiger partial charge >= 0.3 is 0 Å². The van der Waals surface area contributed by atoms with Crippen LogP contribution in [0.5, 0.6) is 0 Å². The Kier molecular flexibility index (Phi) is 41.4. The molecule has 0 aromatic carbocycles. The van der Waals surface area contributed by atoms with E-state index in [1.165, 1.54) is 122 Å². The van der Waals surface area contributed by atoms with Gasteiger partial charge in [-0.3, -0.25) is 0 Å². The highest BCUT2D eigenvalue weighted by molar-refractivity contribution is 6.18. The van der Waals surface area contributed by atoms with Crippen molar-refractivity contribution < 1.29 is 10.2 Å². The molecule has 0 spiro atoms. The third-order valence-electron chi connectivity index (χ3n) is 7.80. The van der Waals surface area contributed by atoms with Crippen molar-refractivity contribution in [3.8, 4) is 0 Å². The first-order valence-electron chi connectivity index (χ1n) is 17.0. The molecule has 0 bridgehead atoms. The fourth-order valence-electron chi connectivity index (χ4n) is 4.83. The number of halogens is 4. The predicted molar refractivity (Wildman–Crippen MR) is 196 cm³/mol. The van der Waals surface area contributed by atoms with Crippen LogP contribution in [0.4, 0.5) is 0 Å². The van der Waals surface area contributed by atoms with Crippen LogP contribution < -0.4 is 10.6 Å². The van der Waals surface area contributed by atoms with E-state index in [2.05, 4.69) is 52.2 Å². The Morgan fingerprint density at radius 2 is 0.714 bits per heavy atom. The van der Waals surface area contributed by atoms with Gasteiger partial charge in [0, 0.05) is 35.9 Å². The highest BCUT2D eigenvalue weighted by Crippen LogP contribution is 2.17. The van der Waals surface area contributed by atoms with Gasteiger partial charge in [-0.1, -0.05) is 129 Å². The third-order valence-corrected chi connectivity index (χ3v) is 8.51. The zero-order valence-corrected chi connectivity index (χ0v) is 31.7. The van der Waals surface area contributed by atoms with Crippen molar-refractivity contribution in [2.45, 2.75) is 193 Å². The number of aliphatic hydroxyl groups excluding tert-OH is 2. The topological polar surface area (TPSA) is 64.5 Å². The predicted octanol–water partition coefficient (Wildman–Crippen LogP) is 10.6. The molecule has 0 aliphatic carbocycles. The molecule has 0 aliphatic heterocycles. The van der Waals surface area contributed by atoms with Gasteiger partial charge in [0.05, 0.1) is 12.2 Å². The minimum Gasteiger partial charge on any atom is -0.391 e. The highest BCUT2D eigenvalue weighted by Gasteiger charge is 2.18. The molecule has 4 N–H and O–H groups in total. The zero-order valence-electron chi connectivity index (χ0n) is 28.6. The number of unbranched alkanes of at least 4 members (excludes halogenated alkanes) is 16. The van der Waals surface area contributed by atoms with E-state index in [0.717, 1.165) is 6.42 Å². The molecular weight excluding hydrogens is 610 g/mol. The average Bonchev–Trinajstić information content (AvgIpc) is 2.93. The molecule has 0 aromatic rings. The summed E-state index contributed by atoms with van der Waals surface area (Å²) in [5, 5.41) is 25.7. The molecule has 0 saturated heterocycles. The van der Waals surface area contributed by atoms with Gasteiger partial charge in [-0.05, 0) is 40.5 Å². The summed E-state index contributed by atoms with van der Waals surface area (Å²) in [5.41, 5.74) is 0.212. The van der Waals surface area contributed by atoms with Crippen molar-refractivity contribution in [1.82, 2.24) is 10.6 Å². The van der Waals surface area contributed by atoms with Crippen molar-refractivity contribution in [3.05, 3.63) is 0 Å². The molecule has 0 saturated carbocycles. The van der Waals surface area contributed by atoms with Crippen LogP contribution >= 0.6 is 48.0 Å². The van der Waals surface area contributed by atoms with E-state index in [1.807, 2.05) is 0 Å².